The number of hydrogen-bond acceptors (Lipinski definition) is 4. The summed E-state index contributed by atoms with van der Waals surface area (Å²) in [6.07, 6.45) is -0.881. The van der Waals surface area contributed by atoms with Gasteiger partial charge >= 0.3 is 6.09 Å². The van der Waals surface area contributed by atoms with Gasteiger partial charge in [0.15, 0.2) is 0 Å². The van der Waals surface area contributed by atoms with E-state index in [0.717, 1.165) is 16.9 Å². The van der Waals surface area contributed by atoms with Crippen molar-refractivity contribution < 1.29 is 9.90 Å². The second-order valence-electron chi connectivity index (χ2n) is 6.13. The van der Waals surface area contributed by atoms with E-state index in [1.165, 1.54) is 4.90 Å². The van der Waals surface area contributed by atoms with Crippen molar-refractivity contribution in [1.82, 2.24) is 4.90 Å². The molecule has 2 aromatic carbocycles. The SMILES string of the molecule is Nc1c(NCc2cc(Cl)cc(Cl)c2)cccc1N1CCN(C(=O)O)CC1. The highest BCUT2D eigenvalue weighted by atomic mass is 35.5. The summed E-state index contributed by atoms with van der Waals surface area (Å²) < 4.78 is 0. The first-order valence-corrected chi connectivity index (χ1v) is 9.00. The van der Waals surface area contributed by atoms with E-state index >= 15 is 0 Å². The average molecular weight is 395 g/mol. The number of anilines is 3. The fourth-order valence-corrected chi connectivity index (χ4v) is 3.60. The molecule has 6 nitrogen and oxygen atoms in total. The number of carbonyl (C=O) groups is 1. The van der Waals surface area contributed by atoms with Crippen molar-refractivity contribution >= 4 is 46.4 Å². The summed E-state index contributed by atoms with van der Waals surface area (Å²) in [6, 6.07) is 11.2. The van der Waals surface area contributed by atoms with Crippen LogP contribution in [0.1, 0.15) is 5.56 Å². The molecule has 1 heterocycles. The van der Waals surface area contributed by atoms with Gasteiger partial charge in [-0.15, -0.1) is 0 Å². The van der Waals surface area contributed by atoms with Crippen molar-refractivity contribution in [1.29, 1.82) is 0 Å². The number of nitrogen functional groups attached to an aromatic ring is 1. The monoisotopic (exact) mass is 394 g/mol. The van der Waals surface area contributed by atoms with Crippen LogP contribution in [-0.4, -0.2) is 42.3 Å². The third-order valence-electron chi connectivity index (χ3n) is 4.38. The number of nitrogens with two attached hydrogens (primary N) is 1. The first-order chi connectivity index (χ1) is 12.4. The summed E-state index contributed by atoms with van der Waals surface area (Å²) in [5, 5.41) is 13.6. The summed E-state index contributed by atoms with van der Waals surface area (Å²) >= 11 is 12.1. The third kappa shape index (κ3) is 4.26. The molecule has 0 atom stereocenters. The lowest BCUT2D eigenvalue weighted by Crippen LogP contribution is -2.48. The lowest BCUT2D eigenvalue weighted by Gasteiger charge is -2.35. The molecule has 3 rings (SSSR count). The number of hydrogen-bond donors (Lipinski definition) is 3. The minimum atomic E-state index is -0.881. The largest absolute Gasteiger partial charge is 0.465 e. The highest BCUT2D eigenvalue weighted by Crippen LogP contribution is 2.31. The molecule has 1 aliphatic rings. The van der Waals surface area contributed by atoms with Crippen molar-refractivity contribution in [2.75, 3.05) is 42.1 Å². The van der Waals surface area contributed by atoms with Crippen molar-refractivity contribution in [2.24, 2.45) is 0 Å². The minimum absolute atomic E-state index is 0.466. The van der Waals surface area contributed by atoms with E-state index in [2.05, 4.69) is 10.2 Å². The van der Waals surface area contributed by atoms with Gasteiger partial charge in [0, 0.05) is 42.8 Å². The van der Waals surface area contributed by atoms with Gasteiger partial charge in [-0.2, -0.15) is 0 Å². The maximum Gasteiger partial charge on any atom is 0.407 e. The van der Waals surface area contributed by atoms with Crippen molar-refractivity contribution in [2.45, 2.75) is 6.54 Å². The van der Waals surface area contributed by atoms with Crippen molar-refractivity contribution in [3.63, 3.8) is 0 Å². The van der Waals surface area contributed by atoms with Crippen LogP contribution in [0.2, 0.25) is 10.0 Å². The van der Waals surface area contributed by atoms with E-state index < -0.39 is 6.09 Å². The van der Waals surface area contributed by atoms with Crippen LogP contribution < -0.4 is 16.0 Å². The normalized spacial score (nSPS) is 14.4. The maximum absolute atomic E-state index is 11.0. The number of para-hydroxylation sites is 1. The van der Waals surface area contributed by atoms with Gasteiger partial charge in [0.05, 0.1) is 17.1 Å². The van der Waals surface area contributed by atoms with Gasteiger partial charge in [-0.3, -0.25) is 0 Å². The summed E-state index contributed by atoms with van der Waals surface area (Å²) in [7, 11) is 0. The smallest absolute Gasteiger partial charge is 0.407 e. The summed E-state index contributed by atoms with van der Waals surface area (Å²) in [5.41, 5.74) is 9.68. The minimum Gasteiger partial charge on any atom is -0.465 e. The van der Waals surface area contributed by atoms with Gasteiger partial charge in [-0.25, -0.2) is 4.79 Å². The molecule has 1 aliphatic heterocycles. The Bertz CT molecular complexity index is 788. The number of benzene rings is 2. The topological polar surface area (TPSA) is 81.8 Å². The second-order valence-corrected chi connectivity index (χ2v) is 7.00. The fraction of sp³-hybridized carbons (Fsp3) is 0.278. The van der Waals surface area contributed by atoms with E-state index in [1.807, 2.05) is 30.3 Å². The molecule has 0 saturated carbocycles. The molecule has 0 spiro atoms. The lowest BCUT2D eigenvalue weighted by atomic mass is 10.1. The number of rotatable bonds is 4. The standard InChI is InChI=1S/C18H20Cl2N4O2/c19-13-8-12(9-14(20)10-13)11-22-15-2-1-3-16(17(15)21)23-4-6-24(7-5-23)18(25)26/h1-3,8-10,22H,4-7,11,21H2,(H,25,26). The molecule has 1 saturated heterocycles. The van der Waals surface area contributed by atoms with Crippen LogP contribution in [0.15, 0.2) is 36.4 Å². The quantitative estimate of drug-likeness (QED) is 0.682. The Morgan fingerprint density at radius 3 is 2.38 bits per heavy atom. The molecule has 4 N–H and O–H groups in total. The molecule has 8 heteroatoms. The predicted octanol–water partition coefficient (Wildman–Crippen LogP) is 3.99. The Labute approximate surface area is 162 Å². The zero-order valence-electron chi connectivity index (χ0n) is 14.1. The van der Waals surface area contributed by atoms with Crippen LogP contribution in [0.3, 0.4) is 0 Å². The molecule has 0 aromatic heterocycles. The van der Waals surface area contributed by atoms with Crippen LogP contribution in [0.25, 0.3) is 0 Å². The number of nitrogens with zero attached hydrogens (tertiary/aromatic N) is 2. The highest BCUT2D eigenvalue weighted by molar-refractivity contribution is 6.34. The number of amides is 1. The zero-order chi connectivity index (χ0) is 18.7. The molecule has 138 valence electrons. The van der Waals surface area contributed by atoms with E-state index in [-0.39, 0.29) is 0 Å². The van der Waals surface area contributed by atoms with Crippen LogP contribution >= 0.6 is 23.2 Å². The number of piperazine rings is 1. The van der Waals surface area contributed by atoms with E-state index in [9.17, 15) is 4.79 Å². The van der Waals surface area contributed by atoms with Crippen LogP contribution in [0, 0.1) is 0 Å². The highest BCUT2D eigenvalue weighted by Gasteiger charge is 2.22. The fourth-order valence-electron chi connectivity index (χ4n) is 3.03. The molecule has 0 aliphatic carbocycles. The molecule has 1 fully saturated rings. The Hall–Kier alpha value is -2.31. The predicted molar refractivity (Wildman–Crippen MR) is 106 cm³/mol. The first-order valence-electron chi connectivity index (χ1n) is 8.24. The third-order valence-corrected chi connectivity index (χ3v) is 4.82. The van der Waals surface area contributed by atoms with E-state index in [1.54, 1.807) is 6.07 Å². The molecule has 0 unspecified atom stereocenters. The Kier molecular flexibility index (Phi) is 5.64. The molecule has 1 amide bonds. The van der Waals surface area contributed by atoms with Gasteiger partial charge in [-0.05, 0) is 35.9 Å². The Balaban J connectivity index is 1.70. The molecule has 2 aromatic rings. The number of nitrogens with one attached hydrogen (secondary N) is 1. The Morgan fingerprint density at radius 1 is 1.12 bits per heavy atom. The van der Waals surface area contributed by atoms with Crippen LogP contribution in [-0.2, 0) is 6.54 Å². The first kappa shape index (κ1) is 18.5. The summed E-state index contributed by atoms with van der Waals surface area (Å²) in [4.78, 5) is 14.6. The summed E-state index contributed by atoms with van der Waals surface area (Å²) in [6.45, 7) is 2.70. The molecule has 0 bridgehead atoms. The van der Waals surface area contributed by atoms with Crippen molar-refractivity contribution in [3.8, 4) is 0 Å². The molecular weight excluding hydrogens is 375 g/mol. The molecular formula is C18H20Cl2N4O2. The number of carboxylic acid groups (broad SMARTS) is 1. The zero-order valence-corrected chi connectivity index (χ0v) is 15.6. The van der Waals surface area contributed by atoms with Gasteiger partial charge in [-0.1, -0.05) is 29.3 Å². The van der Waals surface area contributed by atoms with Gasteiger partial charge in [0.1, 0.15) is 0 Å². The van der Waals surface area contributed by atoms with Gasteiger partial charge in [0.25, 0.3) is 0 Å². The van der Waals surface area contributed by atoms with Gasteiger partial charge < -0.3 is 26.0 Å². The number of halogens is 2. The maximum atomic E-state index is 11.0. The molecule has 0 radical (unpaired) electrons. The van der Waals surface area contributed by atoms with Crippen molar-refractivity contribution in [3.05, 3.63) is 52.0 Å². The lowest BCUT2D eigenvalue weighted by molar-refractivity contribution is 0.142. The van der Waals surface area contributed by atoms with Crippen LogP contribution in [0.4, 0.5) is 21.9 Å². The Morgan fingerprint density at radius 2 is 1.77 bits per heavy atom. The van der Waals surface area contributed by atoms with Crippen LogP contribution in [0.5, 0.6) is 0 Å². The van der Waals surface area contributed by atoms with E-state index in [0.29, 0.717) is 48.5 Å². The second kappa shape index (κ2) is 7.93. The average Bonchev–Trinajstić information content (AvgIpc) is 2.60. The van der Waals surface area contributed by atoms with E-state index in [4.69, 9.17) is 34.0 Å². The molecule has 26 heavy (non-hydrogen) atoms. The van der Waals surface area contributed by atoms with Gasteiger partial charge in [0.2, 0.25) is 0 Å². The summed E-state index contributed by atoms with van der Waals surface area (Å²) in [5.74, 6) is 0.